The fourth-order valence-electron chi connectivity index (χ4n) is 2.80. The van der Waals surface area contributed by atoms with E-state index < -0.39 is 0 Å². The molecule has 2 rings (SSSR count). The molecule has 0 bridgehead atoms. The van der Waals surface area contributed by atoms with E-state index in [-0.39, 0.29) is 0 Å². The fraction of sp³-hybridized carbons (Fsp3) is 1.00. The standard InChI is InChI=1S/C13H26N2O/c1-11-9-14-12(2)3-6-15(10-11)13-4-7-16-8-5-13/h11-14H,3-10H2,1-2H3. The second-order valence-corrected chi connectivity index (χ2v) is 5.54. The van der Waals surface area contributed by atoms with Crippen LogP contribution in [0.3, 0.4) is 0 Å². The van der Waals surface area contributed by atoms with Gasteiger partial charge in [0, 0.05) is 31.8 Å². The average Bonchev–Trinajstić information content (AvgIpc) is 2.31. The van der Waals surface area contributed by atoms with Gasteiger partial charge in [-0.15, -0.1) is 0 Å². The van der Waals surface area contributed by atoms with Crippen LogP contribution in [0.5, 0.6) is 0 Å². The molecule has 0 aliphatic carbocycles. The van der Waals surface area contributed by atoms with E-state index in [2.05, 4.69) is 24.1 Å². The maximum atomic E-state index is 5.46. The van der Waals surface area contributed by atoms with Crippen LogP contribution < -0.4 is 5.32 Å². The fourth-order valence-corrected chi connectivity index (χ4v) is 2.80. The van der Waals surface area contributed by atoms with Crippen molar-refractivity contribution in [3.63, 3.8) is 0 Å². The van der Waals surface area contributed by atoms with Gasteiger partial charge in [-0.1, -0.05) is 6.92 Å². The van der Waals surface area contributed by atoms with Gasteiger partial charge in [0.1, 0.15) is 0 Å². The first-order chi connectivity index (χ1) is 7.75. The minimum atomic E-state index is 0.671. The van der Waals surface area contributed by atoms with Gasteiger partial charge in [0.2, 0.25) is 0 Å². The molecule has 2 atom stereocenters. The number of nitrogens with zero attached hydrogens (tertiary/aromatic N) is 1. The van der Waals surface area contributed by atoms with Gasteiger partial charge < -0.3 is 10.1 Å². The van der Waals surface area contributed by atoms with Gasteiger partial charge in [-0.3, -0.25) is 4.90 Å². The van der Waals surface area contributed by atoms with E-state index in [4.69, 9.17) is 4.74 Å². The summed E-state index contributed by atoms with van der Waals surface area (Å²) < 4.78 is 5.46. The lowest BCUT2D eigenvalue weighted by atomic mass is 10.0. The second-order valence-electron chi connectivity index (χ2n) is 5.54. The maximum Gasteiger partial charge on any atom is 0.0480 e. The molecule has 0 aromatic heterocycles. The highest BCUT2D eigenvalue weighted by Crippen LogP contribution is 2.18. The molecule has 0 aromatic carbocycles. The van der Waals surface area contributed by atoms with Gasteiger partial charge in [0.25, 0.3) is 0 Å². The molecule has 94 valence electrons. The van der Waals surface area contributed by atoms with Crippen LogP contribution >= 0.6 is 0 Å². The summed E-state index contributed by atoms with van der Waals surface area (Å²) in [6.45, 7) is 10.3. The zero-order chi connectivity index (χ0) is 11.4. The molecule has 2 aliphatic heterocycles. The summed E-state index contributed by atoms with van der Waals surface area (Å²) in [5, 5.41) is 3.61. The normalized spacial score (nSPS) is 35.6. The Morgan fingerprint density at radius 3 is 2.62 bits per heavy atom. The first-order valence-electron chi connectivity index (χ1n) is 6.81. The van der Waals surface area contributed by atoms with Crippen LogP contribution in [-0.2, 0) is 4.74 Å². The minimum Gasteiger partial charge on any atom is -0.381 e. The van der Waals surface area contributed by atoms with E-state index in [1.807, 2.05) is 0 Å². The third kappa shape index (κ3) is 3.44. The molecule has 1 N–H and O–H groups in total. The SMILES string of the molecule is CC1CNC(C)CCN(C2CCOCC2)C1. The Bertz CT molecular complexity index is 204. The summed E-state index contributed by atoms with van der Waals surface area (Å²) in [7, 11) is 0. The number of hydrogen-bond acceptors (Lipinski definition) is 3. The molecule has 0 radical (unpaired) electrons. The first kappa shape index (κ1) is 12.3. The molecular formula is C13H26N2O. The van der Waals surface area contributed by atoms with E-state index in [1.54, 1.807) is 0 Å². The van der Waals surface area contributed by atoms with Gasteiger partial charge in [-0.25, -0.2) is 0 Å². The molecule has 2 saturated heterocycles. The Kier molecular flexibility index (Phi) is 4.62. The number of ether oxygens (including phenoxy) is 1. The van der Waals surface area contributed by atoms with Crippen molar-refractivity contribution in [1.29, 1.82) is 0 Å². The van der Waals surface area contributed by atoms with E-state index >= 15 is 0 Å². The zero-order valence-corrected chi connectivity index (χ0v) is 10.7. The lowest BCUT2D eigenvalue weighted by Gasteiger charge is -2.38. The quantitative estimate of drug-likeness (QED) is 0.733. The Balaban J connectivity index is 1.89. The maximum absolute atomic E-state index is 5.46. The van der Waals surface area contributed by atoms with E-state index in [9.17, 15) is 0 Å². The number of nitrogens with one attached hydrogen (secondary N) is 1. The van der Waals surface area contributed by atoms with Crippen LogP contribution in [0, 0.1) is 5.92 Å². The first-order valence-corrected chi connectivity index (χ1v) is 6.81. The number of hydrogen-bond donors (Lipinski definition) is 1. The zero-order valence-electron chi connectivity index (χ0n) is 10.7. The van der Waals surface area contributed by atoms with Crippen molar-refractivity contribution in [3.05, 3.63) is 0 Å². The molecule has 2 heterocycles. The van der Waals surface area contributed by atoms with Crippen LogP contribution in [0.1, 0.15) is 33.1 Å². The smallest absolute Gasteiger partial charge is 0.0480 e. The van der Waals surface area contributed by atoms with Crippen molar-refractivity contribution in [2.45, 2.75) is 45.2 Å². The monoisotopic (exact) mass is 226 g/mol. The van der Waals surface area contributed by atoms with Crippen molar-refractivity contribution in [1.82, 2.24) is 10.2 Å². The molecule has 2 fully saturated rings. The highest BCUT2D eigenvalue weighted by Gasteiger charge is 2.24. The molecule has 0 aromatic rings. The summed E-state index contributed by atoms with van der Waals surface area (Å²) in [6.07, 6.45) is 3.74. The van der Waals surface area contributed by atoms with Gasteiger partial charge in [-0.2, -0.15) is 0 Å². The Morgan fingerprint density at radius 2 is 1.88 bits per heavy atom. The molecule has 3 heteroatoms. The second kappa shape index (κ2) is 5.99. The molecule has 0 saturated carbocycles. The summed E-state index contributed by atoms with van der Waals surface area (Å²) in [5.74, 6) is 0.769. The van der Waals surface area contributed by atoms with E-state index in [0.717, 1.165) is 25.2 Å². The van der Waals surface area contributed by atoms with Gasteiger partial charge in [0.15, 0.2) is 0 Å². The van der Waals surface area contributed by atoms with Crippen LogP contribution in [0.4, 0.5) is 0 Å². The van der Waals surface area contributed by atoms with Crippen LogP contribution in [0.2, 0.25) is 0 Å². The van der Waals surface area contributed by atoms with Crippen LogP contribution in [-0.4, -0.2) is 49.8 Å². The molecule has 3 nitrogen and oxygen atoms in total. The summed E-state index contributed by atoms with van der Waals surface area (Å²) in [5.41, 5.74) is 0. The topological polar surface area (TPSA) is 24.5 Å². The van der Waals surface area contributed by atoms with E-state index in [1.165, 1.54) is 38.9 Å². The molecule has 0 spiro atoms. The average molecular weight is 226 g/mol. The minimum absolute atomic E-state index is 0.671. The predicted octanol–water partition coefficient (Wildman–Crippen LogP) is 1.49. The number of rotatable bonds is 1. The largest absolute Gasteiger partial charge is 0.381 e. The summed E-state index contributed by atoms with van der Waals surface area (Å²) in [6, 6.07) is 1.45. The van der Waals surface area contributed by atoms with Crippen LogP contribution in [0.15, 0.2) is 0 Å². The highest BCUT2D eigenvalue weighted by atomic mass is 16.5. The van der Waals surface area contributed by atoms with Crippen molar-refractivity contribution >= 4 is 0 Å². The lowest BCUT2D eigenvalue weighted by molar-refractivity contribution is 0.0251. The lowest BCUT2D eigenvalue weighted by Crippen LogP contribution is -2.48. The van der Waals surface area contributed by atoms with Crippen molar-refractivity contribution in [2.75, 3.05) is 32.8 Å². The third-order valence-corrected chi connectivity index (χ3v) is 3.92. The van der Waals surface area contributed by atoms with Crippen molar-refractivity contribution in [2.24, 2.45) is 5.92 Å². The molecular weight excluding hydrogens is 200 g/mol. The highest BCUT2D eigenvalue weighted by molar-refractivity contribution is 4.80. The molecule has 2 aliphatic rings. The Hall–Kier alpha value is -0.120. The van der Waals surface area contributed by atoms with E-state index in [0.29, 0.717) is 6.04 Å². The van der Waals surface area contributed by atoms with Gasteiger partial charge in [-0.05, 0) is 45.2 Å². The molecule has 0 amide bonds. The third-order valence-electron chi connectivity index (χ3n) is 3.92. The van der Waals surface area contributed by atoms with Gasteiger partial charge >= 0.3 is 0 Å². The summed E-state index contributed by atoms with van der Waals surface area (Å²) in [4.78, 5) is 2.71. The van der Waals surface area contributed by atoms with Crippen molar-refractivity contribution in [3.8, 4) is 0 Å². The van der Waals surface area contributed by atoms with Gasteiger partial charge in [0.05, 0.1) is 0 Å². The summed E-state index contributed by atoms with van der Waals surface area (Å²) >= 11 is 0. The molecule has 16 heavy (non-hydrogen) atoms. The Labute approximate surface area is 99.5 Å². The van der Waals surface area contributed by atoms with Crippen LogP contribution in [0.25, 0.3) is 0 Å². The molecule has 2 unspecified atom stereocenters. The van der Waals surface area contributed by atoms with Crippen molar-refractivity contribution < 1.29 is 4.74 Å². The Morgan fingerprint density at radius 1 is 1.12 bits per heavy atom. The predicted molar refractivity (Wildman–Crippen MR) is 66.7 cm³/mol.